The van der Waals surface area contributed by atoms with Gasteiger partial charge < -0.3 is 20.7 Å². The van der Waals surface area contributed by atoms with Crippen LogP contribution in [0.25, 0.3) is 0 Å². The molecule has 1 aromatic carbocycles. The van der Waals surface area contributed by atoms with E-state index in [0.29, 0.717) is 17.7 Å². The van der Waals surface area contributed by atoms with Gasteiger partial charge in [0.2, 0.25) is 5.91 Å². The zero-order chi connectivity index (χ0) is 15.1. The Morgan fingerprint density at radius 3 is 2.75 bits per heavy atom. The highest BCUT2D eigenvalue weighted by molar-refractivity contribution is 5.81. The van der Waals surface area contributed by atoms with Crippen LogP contribution in [0.2, 0.25) is 0 Å². The SMILES string of the molecule is COCC(N)C(=O)NCc1ccc(CN(C)C)c(F)c1. The van der Waals surface area contributed by atoms with Crippen LogP contribution in [0, 0.1) is 5.82 Å². The molecule has 0 radical (unpaired) electrons. The Balaban J connectivity index is 2.57. The number of carbonyl (C=O) groups is 1. The first-order chi connectivity index (χ1) is 9.43. The van der Waals surface area contributed by atoms with Crippen molar-refractivity contribution >= 4 is 5.91 Å². The second-order valence-corrected chi connectivity index (χ2v) is 4.94. The Morgan fingerprint density at radius 1 is 1.50 bits per heavy atom. The Morgan fingerprint density at radius 2 is 2.20 bits per heavy atom. The predicted molar refractivity (Wildman–Crippen MR) is 75.5 cm³/mol. The first-order valence-corrected chi connectivity index (χ1v) is 6.38. The highest BCUT2D eigenvalue weighted by atomic mass is 19.1. The maximum absolute atomic E-state index is 13.8. The fourth-order valence-corrected chi connectivity index (χ4v) is 1.75. The van der Waals surface area contributed by atoms with Gasteiger partial charge in [0, 0.05) is 25.8 Å². The van der Waals surface area contributed by atoms with Gasteiger partial charge in [0.1, 0.15) is 11.9 Å². The lowest BCUT2D eigenvalue weighted by Crippen LogP contribution is -2.43. The van der Waals surface area contributed by atoms with Gasteiger partial charge in [-0.05, 0) is 25.7 Å². The molecule has 1 amide bonds. The summed E-state index contributed by atoms with van der Waals surface area (Å²) < 4.78 is 18.6. The molecule has 1 aromatic rings. The number of halogens is 1. The number of nitrogens with zero attached hydrogens (tertiary/aromatic N) is 1. The van der Waals surface area contributed by atoms with Gasteiger partial charge in [-0.15, -0.1) is 0 Å². The second-order valence-electron chi connectivity index (χ2n) is 4.94. The standard InChI is InChI=1S/C14H22FN3O2/c1-18(2)8-11-5-4-10(6-12(11)15)7-17-14(19)13(16)9-20-3/h4-6,13H,7-9,16H2,1-3H3,(H,17,19). The number of carbonyl (C=O) groups excluding carboxylic acids is 1. The molecule has 0 fully saturated rings. The summed E-state index contributed by atoms with van der Waals surface area (Å²) in [6.07, 6.45) is 0. The summed E-state index contributed by atoms with van der Waals surface area (Å²) in [7, 11) is 5.24. The molecule has 0 aliphatic heterocycles. The van der Waals surface area contributed by atoms with Gasteiger partial charge in [0.05, 0.1) is 6.61 Å². The van der Waals surface area contributed by atoms with E-state index in [1.807, 2.05) is 19.0 Å². The normalized spacial score (nSPS) is 12.5. The molecule has 1 unspecified atom stereocenters. The van der Waals surface area contributed by atoms with Crippen molar-refractivity contribution in [2.24, 2.45) is 5.73 Å². The van der Waals surface area contributed by atoms with Crippen LogP contribution in [0.1, 0.15) is 11.1 Å². The van der Waals surface area contributed by atoms with Gasteiger partial charge >= 0.3 is 0 Å². The fraction of sp³-hybridized carbons (Fsp3) is 0.500. The molecule has 0 aliphatic rings. The molecular formula is C14H22FN3O2. The number of benzene rings is 1. The monoisotopic (exact) mass is 283 g/mol. The molecule has 3 N–H and O–H groups in total. The highest BCUT2D eigenvalue weighted by Gasteiger charge is 2.12. The van der Waals surface area contributed by atoms with E-state index in [9.17, 15) is 9.18 Å². The summed E-state index contributed by atoms with van der Waals surface area (Å²) in [4.78, 5) is 13.5. The minimum absolute atomic E-state index is 0.155. The first kappa shape index (κ1) is 16.6. The molecule has 0 aromatic heterocycles. The van der Waals surface area contributed by atoms with Crippen LogP contribution in [-0.2, 0) is 22.6 Å². The largest absolute Gasteiger partial charge is 0.383 e. The molecule has 0 bridgehead atoms. The van der Waals surface area contributed by atoms with Gasteiger partial charge in [-0.1, -0.05) is 12.1 Å². The molecule has 5 nitrogen and oxygen atoms in total. The van der Waals surface area contributed by atoms with Gasteiger partial charge in [-0.25, -0.2) is 4.39 Å². The van der Waals surface area contributed by atoms with Crippen LogP contribution in [0.5, 0.6) is 0 Å². The third kappa shape index (κ3) is 5.24. The smallest absolute Gasteiger partial charge is 0.239 e. The molecule has 1 atom stereocenters. The van der Waals surface area contributed by atoms with E-state index in [2.05, 4.69) is 5.32 Å². The quantitative estimate of drug-likeness (QED) is 0.763. The fourth-order valence-electron chi connectivity index (χ4n) is 1.75. The average molecular weight is 283 g/mol. The van der Waals surface area contributed by atoms with Gasteiger partial charge in [-0.3, -0.25) is 4.79 Å². The summed E-state index contributed by atoms with van der Waals surface area (Å²) in [5.74, 6) is -0.587. The topological polar surface area (TPSA) is 67.6 Å². The molecule has 20 heavy (non-hydrogen) atoms. The first-order valence-electron chi connectivity index (χ1n) is 6.38. The number of methoxy groups -OCH3 is 1. The molecule has 0 aliphatic carbocycles. The number of nitrogens with one attached hydrogen (secondary N) is 1. The highest BCUT2D eigenvalue weighted by Crippen LogP contribution is 2.12. The van der Waals surface area contributed by atoms with Gasteiger partial charge in [0.15, 0.2) is 0 Å². The molecule has 0 saturated carbocycles. The van der Waals surface area contributed by atoms with Gasteiger partial charge in [-0.2, -0.15) is 0 Å². The lowest BCUT2D eigenvalue weighted by Gasteiger charge is -2.13. The lowest BCUT2D eigenvalue weighted by atomic mass is 10.1. The molecular weight excluding hydrogens is 261 g/mol. The number of hydrogen-bond acceptors (Lipinski definition) is 4. The van der Waals surface area contributed by atoms with Crippen LogP contribution in [0.4, 0.5) is 4.39 Å². The molecule has 112 valence electrons. The zero-order valence-corrected chi connectivity index (χ0v) is 12.1. The molecule has 0 heterocycles. The van der Waals surface area contributed by atoms with E-state index >= 15 is 0 Å². The number of ether oxygens (including phenoxy) is 1. The average Bonchev–Trinajstić information content (AvgIpc) is 2.38. The lowest BCUT2D eigenvalue weighted by molar-refractivity contribution is -0.123. The summed E-state index contributed by atoms with van der Waals surface area (Å²) in [5.41, 5.74) is 6.91. The summed E-state index contributed by atoms with van der Waals surface area (Å²) in [5, 5.41) is 2.65. The number of hydrogen-bond donors (Lipinski definition) is 2. The summed E-state index contributed by atoms with van der Waals surface area (Å²) in [6.45, 7) is 0.939. The van der Waals surface area contributed by atoms with Crippen molar-refractivity contribution in [3.8, 4) is 0 Å². The Kier molecular flexibility index (Phi) is 6.57. The van der Waals surface area contributed by atoms with Crippen LogP contribution in [-0.4, -0.2) is 44.7 Å². The number of nitrogens with two attached hydrogens (primary N) is 1. The van der Waals surface area contributed by atoms with Crippen molar-refractivity contribution < 1.29 is 13.9 Å². The molecule has 0 spiro atoms. The van der Waals surface area contributed by atoms with E-state index in [-0.39, 0.29) is 24.9 Å². The maximum Gasteiger partial charge on any atom is 0.239 e. The van der Waals surface area contributed by atoms with Crippen molar-refractivity contribution in [2.45, 2.75) is 19.1 Å². The van der Waals surface area contributed by atoms with E-state index in [0.717, 1.165) is 0 Å². The van der Waals surface area contributed by atoms with Crippen molar-refractivity contribution in [2.75, 3.05) is 27.8 Å². The third-order valence-electron chi connectivity index (χ3n) is 2.75. The van der Waals surface area contributed by atoms with E-state index in [1.54, 1.807) is 12.1 Å². The number of rotatable bonds is 7. The Hall–Kier alpha value is -1.50. The number of amides is 1. The Labute approximate surface area is 118 Å². The second kappa shape index (κ2) is 7.94. The van der Waals surface area contributed by atoms with E-state index in [1.165, 1.54) is 13.2 Å². The minimum atomic E-state index is -0.710. The third-order valence-corrected chi connectivity index (χ3v) is 2.75. The van der Waals surface area contributed by atoms with Crippen LogP contribution < -0.4 is 11.1 Å². The summed E-state index contributed by atoms with van der Waals surface area (Å²) in [6, 6.07) is 4.24. The van der Waals surface area contributed by atoms with Crippen molar-refractivity contribution in [1.82, 2.24) is 10.2 Å². The molecule has 0 saturated heterocycles. The van der Waals surface area contributed by atoms with Crippen LogP contribution >= 0.6 is 0 Å². The summed E-state index contributed by atoms with van der Waals surface area (Å²) >= 11 is 0. The van der Waals surface area contributed by atoms with E-state index < -0.39 is 6.04 Å². The molecule has 6 heteroatoms. The van der Waals surface area contributed by atoms with Crippen molar-refractivity contribution in [1.29, 1.82) is 0 Å². The van der Waals surface area contributed by atoms with Crippen LogP contribution in [0.3, 0.4) is 0 Å². The Bertz CT molecular complexity index is 452. The van der Waals surface area contributed by atoms with E-state index in [4.69, 9.17) is 10.5 Å². The minimum Gasteiger partial charge on any atom is -0.383 e. The van der Waals surface area contributed by atoms with Crippen molar-refractivity contribution in [3.05, 3.63) is 35.1 Å². The van der Waals surface area contributed by atoms with Crippen molar-refractivity contribution in [3.63, 3.8) is 0 Å². The van der Waals surface area contributed by atoms with Crippen LogP contribution in [0.15, 0.2) is 18.2 Å². The maximum atomic E-state index is 13.8. The van der Waals surface area contributed by atoms with Gasteiger partial charge in [0.25, 0.3) is 0 Å². The zero-order valence-electron chi connectivity index (χ0n) is 12.1. The predicted octanol–water partition coefficient (Wildman–Crippen LogP) is 0.477. The molecule has 1 rings (SSSR count).